The van der Waals surface area contributed by atoms with Crippen LogP contribution in [0.5, 0.6) is 0 Å². The molecular weight excluding hydrogens is 414 g/mol. The molecule has 1 heterocycles. The summed E-state index contributed by atoms with van der Waals surface area (Å²) < 4.78 is 0. The van der Waals surface area contributed by atoms with Gasteiger partial charge in [-0.3, -0.25) is 9.69 Å². The van der Waals surface area contributed by atoms with Crippen LogP contribution in [0.2, 0.25) is 0 Å². The normalized spacial score (nSPS) is 16.5. The third-order valence-electron chi connectivity index (χ3n) is 5.89. The number of nitrogens with zero attached hydrogens (tertiary/aromatic N) is 1. The summed E-state index contributed by atoms with van der Waals surface area (Å²) in [6.45, 7) is 1.62. The van der Waals surface area contributed by atoms with Gasteiger partial charge in [0, 0.05) is 17.8 Å². The van der Waals surface area contributed by atoms with Crippen LogP contribution >= 0.6 is 0 Å². The molecule has 1 fully saturated rings. The molecule has 1 atom stereocenters. The maximum absolute atomic E-state index is 13.3. The monoisotopic (exact) mass is 441 g/mol. The largest absolute Gasteiger partial charge is 0.477 e. The minimum absolute atomic E-state index is 0.0334. The molecule has 3 aromatic carbocycles. The number of hydrogen-bond acceptors (Lipinski definition) is 4. The van der Waals surface area contributed by atoms with Crippen molar-refractivity contribution in [2.75, 3.05) is 11.9 Å². The first-order chi connectivity index (χ1) is 16.0. The number of nitrogens with two attached hydrogens (primary N) is 1. The molecule has 4 rings (SSSR count). The Bertz CT molecular complexity index is 1170. The first kappa shape index (κ1) is 22.3. The van der Waals surface area contributed by atoms with Crippen LogP contribution in [0.4, 0.5) is 5.69 Å². The highest BCUT2D eigenvalue weighted by Crippen LogP contribution is 2.32. The predicted octanol–water partition coefficient (Wildman–Crippen LogP) is 4.34. The van der Waals surface area contributed by atoms with Gasteiger partial charge in [-0.05, 0) is 48.2 Å². The molecule has 3 aromatic rings. The number of amides is 1. The standard InChI is InChI=1S/C27H27N3O3/c28-23(27(32)33)17-20-11-4-5-12-21(20)22-13-6-7-14-24(22)29-26(31)25-15-8-16-30(25)18-19-9-2-1-3-10-19/h1-7,9-14,17,25H,8,15-16,18,28H2,(H,29,31)(H,32,33)/t25-/m0/s1. The fourth-order valence-corrected chi connectivity index (χ4v) is 4.27. The Kier molecular flexibility index (Phi) is 6.86. The summed E-state index contributed by atoms with van der Waals surface area (Å²) in [5.41, 5.74) is 9.57. The van der Waals surface area contributed by atoms with E-state index in [0.717, 1.165) is 37.1 Å². The number of rotatable bonds is 7. The third-order valence-corrected chi connectivity index (χ3v) is 5.89. The van der Waals surface area contributed by atoms with Crippen molar-refractivity contribution >= 4 is 23.6 Å². The average Bonchev–Trinajstić information content (AvgIpc) is 3.29. The zero-order chi connectivity index (χ0) is 23.2. The minimum atomic E-state index is -1.17. The number of carboxylic acid groups (broad SMARTS) is 1. The van der Waals surface area contributed by atoms with Crippen LogP contribution in [-0.2, 0) is 16.1 Å². The van der Waals surface area contributed by atoms with Gasteiger partial charge in [0.2, 0.25) is 5.91 Å². The summed E-state index contributed by atoms with van der Waals surface area (Å²) in [6, 6.07) is 24.9. The molecule has 0 unspecified atom stereocenters. The van der Waals surface area contributed by atoms with Gasteiger partial charge >= 0.3 is 5.97 Å². The highest BCUT2D eigenvalue weighted by Gasteiger charge is 2.31. The highest BCUT2D eigenvalue weighted by atomic mass is 16.4. The van der Waals surface area contributed by atoms with Crippen LogP contribution < -0.4 is 11.1 Å². The van der Waals surface area contributed by atoms with Crippen LogP contribution in [0.1, 0.15) is 24.0 Å². The Hall–Kier alpha value is -3.90. The number of para-hydroxylation sites is 1. The van der Waals surface area contributed by atoms with Gasteiger partial charge in [0.25, 0.3) is 0 Å². The van der Waals surface area contributed by atoms with Crippen molar-refractivity contribution < 1.29 is 14.7 Å². The molecule has 0 aromatic heterocycles. The van der Waals surface area contributed by atoms with Crippen molar-refractivity contribution in [3.63, 3.8) is 0 Å². The van der Waals surface area contributed by atoms with E-state index in [1.807, 2.05) is 66.7 Å². The van der Waals surface area contributed by atoms with E-state index in [2.05, 4.69) is 22.3 Å². The van der Waals surface area contributed by atoms with E-state index >= 15 is 0 Å². The van der Waals surface area contributed by atoms with Gasteiger partial charge in [-0.15, -0.1) is 0 Å². The fraction of sp³-hybridized carbons (Fsp3) is 0.185. The summed E-state index contributed by atoms with van der Waals surface area (Å²) in [6.07, 6.45) is 3.23. The van der Waals surface area contributed by atoms with Crippen molar-refractivity contribution in [2.24, 2.45) is 5.73 Å². The molecule has 0 bridgehead atoms. The fourth-order valence-electron chi connectivity index (χ4n) is 4.27. The molecule has 0 radical (unpaired) electrons. The van der Waals surface area contributed by atoms with Gasteiger partial charge in [-0.1, -0.05) is 72.8 Å². The molecule has 1 aliphatic rings. The Morgan fingerprint density at radius 1 is 0.970 bits per heavy atom. The summed E-state index contributed by atoms with van der Waals surface area (Å²) >= 11 is 0. The predicted molar refractivity (Wildman–Crippen MR) is 130 cm³/mol. The Labute approximate surface area is 193 Å². The van der Waals surface area contributed by atoms with Crippen molar-refractivity contribution in [2.45, 2.75) is 25.4 Å². The van der Waals surface area contributed by atoms with Crippen molar-refractivity contribution in [1.29, 1.82) is 0 Å². The van der Waals surface area contributed by atoms with Crippen molar-refractivity contribution in [3.05, 3.63) is 95.7 Å². The highest BCUT2D eigenvalue weighted by molar-refractivity contribution is 6.00. The topological polar surface area (TPSA) is 95.7 Å². The molecule has 1 saturated heterocycles. The van der Waals surface area contributed by atoms with E-state index in [1.165, 1.54) is 11.6 Å². The molecule has 6 nitrogen and oxygen atoms in total. The molecule has 0 spiro atoms. The van der Waals surface area contributed by atoms with Gasteiger partial charge in [-0.25, -0.2) is 4.79 Å². The van der Waals surface area contributed by atoms with E-state index in [4.69, 9.17) is 5.73 Å². The zero-order valence-electron chi connectivity index (χ0n) is 18.3. The van der Waals surface area contributed by atoms with Gasteiger partial charge < -0.3 is 16.2 Å². The zero-order valence-corrected chi connectivity index (χ0v) is 18.3. The molecule has 1 amide bonds. The van der Waals surface area contributed by atoms with Gasteiger partial charge in [0.15, 0.2) is 0 Å². The second kappa shape index (κ2) is 10.1. The van der Waals surface area contributed by atoms with E-state index in [0.29, 0.717) is 11.3 Å². The molecule has 6 heteroatoms. The molecule has 4 N–H and O–H groups in total. The number of aliphatic carboxylic acids is 1. The first-order valence-electron chi connectivity index (χ1n) is 11.0. The molecule has 33 heavy (non-hydrogen) atoms. The number of carboxylic acids is 1. The van der Waals surface area contributed by atoms with E-state index < -0.39 is 5.97 Å². The summed E-state index contributed by atoms with van der Waals surface area (Å²) in [5, 5.41) is 12.3. The van der Waals surface area contributed by atoms with Crippen LogP contribution in [0.3, 0.4) is 0 Å². The first-order valence-corrected chi connectivity index (χ1v) is 11.0. The third kappa shape index (κ3) is 5.30. The molecule has 0 aliphatic carbocycles. The maximum atomic E-state index is 13.3. The van der Waals surface area contributed by atoms with Gasteiger partial charge in [-0.2, -0.15) is 0 Å². The number of carbonyl (C=O) groups excluding carboxylic acids is 1. The molecule has 168 valence electrons. The number of carbonyl (C=O) groups is 2. The lowest BCUT2D eigenvalue weighted by Gasteiger charge is -2.24. The summed E-state index contributed by atoms with van der Waals surface area (Å²) in [4.78, 5) is 26.7. The van der Waals surface area contributed by atoms with Gasteiger partial charge in [0.05, 0.1) is 6.04 Å². The van der Waals surface area contributed by atoms with Crippen molar-refractivity contribution in [3.8, 4) is 11.1 Å². The van der Waals surface area contributed by atoms with Crippen LogP contribution in [0, 0.1) is 0 Å². The summed E-state index contributed by atoms with van der Waals surface area (Å²) in [7, 11) is 0. The minimum Gasteiger partial charge on any atom is -0.477 e. The second-order valence-corrected chi connectivity index (χ2v) is 8.14. The average molecular weight is 442 g/mol. The molecule has 1 aliphatic heterocycles. The second-order valence-electron chi connectivity index (χ2n) is 8.14. The number of likely N-dealkylation sites (tertiary alicyclic amines) is 1. The maximum Gasteiger partial charge on any atom is 0.351 e. The lowest BCUT2D eigenvalue weighted by atomic mass is 9.97. The lowest BCUT2D eigenvalue weighted by Crippen LogP contribution is -2.39. The molecule has 0 saturated carbocycles. The number of nitrogens with one attached hydrogen (secondary N) is 1. The van der Waals surface area contributed by atoms with E-state index in [-0.39, 0.29) is 17.6 Å². The quantitative estimate of drug-likeness (QED) is 0.474. The van der Waals surface area contributed by atoms with Crippen LogP contribution in [0.15, 0.2) is 84.6 Å². The lowest BCUT2D eigenvalue weighted by molar-refractivity contribution is -0.132. The summed E-state index contributed by atoms with van der Waals surface area (Å²) in [5.74, 6) is -1.21. The number of hydrogen-bond donors (Lipinski definition) is 3. The van der Waals surface area contributed by atoms with Crippen LogP contribution in [0.25, 0.3) is 17.2 Å². The van der Waals surface area contributed by atoms with E-state index in [9.17, 15) is 14.7 Å². The Morgan fingerprint density at radius 2 is 1.64 bits per heavy atom. The Balaban J connectivity index is 1.58. The van der Waals surface area contributed by atoms with Gasteiger partial charge in [0.1, 0.15) is 5.70 Å². The molecular formula is C27H27N3O3. The number of anilines is 1. The smallest absolute Gasteiger partial charge is 0.351 e. The van der Waals surface area contributed by atoms with Crippen molar-refractivity contribution in [1.82, 2.24) is 4.90 Å². The SMILES string of the molecule is NC(=Cc1ccccc1-c1ccccc1NC(=O)[C@@H]1CCCN1Cc1ccccc1)C(=O)O. The van der Waals surface area contributed by atoms with E-state index in [1.54, 1.807) is 0 Å². The van der Waals surface area contributed by atoms with Crippen LogP contribution in [-0.4, -0.2) is 34.5 Å². The number of benzene rings is 3. The Morgan fingerprint density at radius 3 is 2.39 bits per heavy atom.